The van der Waals surface area contributed by atoms with Crippen molar-refractivity contribution in [3.05, 3.63) is 36.5 Å². The van der Waals surface area contributed by atoms with Gasteiger partial charge in [-0.15, -0.1) is 0 Å². The minimum absolute atomic E-state index is 0.303. The molecule has 1 fully saturated rings. The van der Waals surface area contributed by atoms with E-state index in [0.717, 1.165) is 44.9 Å². The molecule has 8 atom stereocenters. The van der Waals surface area contributed by atoms with Gasteiger partial charge in [-0.25, -0.2) is 0 Å². The van der Waals surface area contributed by atoms with Crippen LogP contribution in [0.25, 0.3) is 0 Å². The quantitative estimate of drug-likeness (QED) is 0.0242. The van der Waals surface area contributed by atoms with Gasteiger partial charge in [0, 0.05) is 0 Å². The van der Waals surface area contributed by atoms with Gasteiger partial charge in [0.25, 0.3) is 0 Å². The summed E-state index contributed by atoms with van der Waals surface area (Å²) < 4.78 is 11.1. The van der Waals surface area contributed by atoms with Gasteiger partial charge in [0.1, 0.15) is 30.5 Å². The number of allylic oxidation sites excluding steroid dienone is 5. The molecule has 0 saturated carbocycles. The number of ether oxygens (including phenoxy) is 2. The topological polar surface area (TPSA) is 169 Å². The fraction of sp³-hybridized carbons (Fsp3) is 0.848. The van der Waals surface area contributed by atoms with Crippen LogP contribution >= 0.6 is 0 Å². The highest BCUT2D eigenvalue weighted by Crippen LogP contribution is 2.22. The number of aliphatic hydroxyl groups is 6. The number of unbranched alkanes of at least 4 members (excludes halogenated alkanes) is 22. The fourth-order valence-electron chi connectivity index (χ4n) is 7.02. The standard InChI is InChI=1S/C46H85NO9/c1-3-5-7-9-11-13-15-17-19-21-22-24-26-28-30-32-34-39(49)38(37-55-46-44(53)43(52)42(51)41(36-48)56-46)47-45(54)40(50)35-33-31-29-27-25-23-20-18-16-14-12-10-8-6-4-2/h17,19,24,26,32,34,38-44,46,48-53H,3-16,18,20-23,25,27-31,33,35-37H2,1-2H3,(H,47,54)/b19-17+,26-24+,34-32+. The maximum absolute atomic E-state index is 13.0. The molecule has 10 heteroatoms. The van der Waals surface area contributed by atoms with Crippen LogP contribution in [0.4, 0.5) is 0 Å². The molecule has 10 nitrogen and oxygen atoms in total. The average Bonchev–Trinajstić information content (AvgIpc) is 3.20. The van der Waals surface area contributed by atoms with E-state index < -0.39 is 61.5 Å². The van der Waals surface area contributed by atoms with E-state index in [-0.39, 0.29) is 6.61 Å². The first-order valence-electron chi connectivity index (χ1n) is 22.8. The number of carbonyl (C=O) groups is 1. The molecule has 0 spiro atoms. The second-order valence-corrected chi connectivity index (χ2v) is 16.0. The Morgan fingerprint density at radius 1 is 0.607 bits per heavy atom. The largest absolute Gasteiger partial charge is 0.394 e. The molecule has 1 rings (SSSR count). The molecule has 0 aliphatic carbocycles. The van der Waals surface area contributed by atoms with Gasteiger partial charge in [0.15, 0.2) is 6.29 Å². The van der Waals surface area contributed by atoms with Crippen LogP contribution < -0.4 is 5.32 Å². The van der Waals surface area contributed by atoms with Crippen molar-refractivity contribution in [3.8, 4) is 0 Å². The number of carbonyl (C=O) groups excluding carboxylic acids is 1. The fourth-order valence-corrected chi connectivity index (χ4v) is 7.02. The van der Waals surface area contributed by atoms with Crippen LogP contribution in [0.3, 0.4) is 0 Å². The van der Waals surface area contributed by atoms with Crippen molar-refractivity contribution in [1.29, 1.82) is 0 Å². The van der Waals surface area contributed by atoms with Crippen molar-refractivity contribution in [2.45, 2.75) is 236 Å². The van der Waals surface area contributed by atoms with Gasteiger partial charge < -0.3 is 45.4 Å². The summed E-state index contributed by atoms with van der Waals surface area (Å²) in [4.78, 5) is 13.0. The Balaban J connectivity index is 2.47. The monoisotopic (exact) mass is 796 g/mol. The highest BCUT2D eigenvalue weighted by atomic mass is 16.7. The summed E-state index contributed by atoms with van der Waals surface area (Å²) in [6, 6.07) is -1.000. The smallest absolute Gasteiger partial charge is 0.249 e. The van der Waals surface area contributed by atoms with Gasteiger partial charge in [-0.05, 0) is 44.9 Å². The van der Waals surface area contributed by atoms with Crippen molar-refractivity contribution in [1.82, 2.24) is 5.32 Å². The van der Waals surface area contributed by atoms with Crippen LogP contribution in [0.2, 0.25) is 0 Å². The van der Waals surface area contributed by atoms with Gasteiger partial charge >= 0.3 is 0 Å². The van der Waals surface area contributed by atoms with E-state index in [4.69, 9.17) is 9.47 Å². The molecule has 0 radical (unpaired) electrons. The second kappa shape index (κ2) is 36.4. The zero-order chi connectivity index (χ0) is 41.1. The molecular weight excluding hydrogens is 711 g/mol. The zero-order valence-corrected chi connectivity index (χ0v) is 35.5. The lowest BCUT2D eigenvalue weighted by Gasteiger charge is -2.40. The maximum atomic E-state index is 13.0. The highest BCUT2D eigenvalue weighted by Gasteiger charge is 2.44. The number of hydrogen-bond acceptors (Lipinski definition) is 9. The normalized spacial score (nSPS) is 22.0. The lowest BCUT2D eigenvalue weighted by atomic mass is 9.99. The van der Waals surface area contributed by atoms with Gasteiger partial charge in [-0.3, -0.25) is 4.79 Å². The first-order valence-corrected chi connectivity index (χ1v) is 22.8. The molecule has 1 heterocycles. The Morgan fingerprint density at radius 2 is 1.05 bits per heavy atom. The molecule has 328 valence electrons. The highest BCUT2D eigenvalue weighted by molar-refractivity contribution is 5.80. The van der Waals surface area contributed by atoms with Crippen molar-refractivity contribution in [3.63, 3.8) is 0 Å². The lowest BCUT2D eigenvalue weighted by molar-refractivity contribution is -0.302. The number of nitrogens with one attached hydrogen (secondary N) is 1. The van der Waals surface area contributed by atoms with Gasteiger partial charge in [0.05, 0.1) is 25.4 Å². The lowest BCUT2D eigenvalue weighted by Crippen LogP contribution is -2.60. The Labute approximate surface area is 341 Å². The Bertz CT molecular complexity index is 990. The van der Waals surface area contributed by atoms with E-state index in [1.54, 1.807) is 6.08 Å². The zero-order valence-electron chi connectivity index (χ0n) is 35.5. The minimum atomic E-state index is -1.62. The van der Waals surface area contributed by atoms with E-state index in [9.17, 15) is 35.4 Å². The molecule has 0 bridgehead atoms. The minimum Gasteiger partial charge on any atom is -0.394 e. The molecular formula is C46H85NO9. The SMILES string of the molecule is CCCCCCCC/C=C/CC/C=C/CC/C=C/C(O)C(COC1OC(CO)C(O)C(O)C1O)NC(=O)C(O)CCCCCCCCCCCCCCCCC. The summed E-state index contributed by atoms with van der Waals surface area (Å²) in [5.41, 5.74) is 0. The van der Waals surface area contributed by atoms with Crippen LogP contribution in [0.1, 0.15) is 187 Å². The summed E-state index contributed by atoms with van der Waals surface area (Å²) >= 11 is 0. The Kier molecular flexibility index (Phi) is 34.1. The van der Waals surface area contributed by atoms with E-state index in [0.29, 0.717) is 19.3 Å². The van der Waals surface area contributed by atoms with E-state index in [2.05, 4.69) is 43.5 Å². The van der Waals surface area contributed by atoms with Crippen LogP contribution in [-0.4, -0.2) is 98.7 Å². The van der Waals surface area contributed by atoms with Gasteiger partial charge in [-0.2, -0.15) is 0 Å². The van der Waals surface area contributed by atoms with E-state index in [1.165, 1.54) is 109 Å². The molecule has 56 heavy (non-hydrogen) atoms. The summed E-state index contributed by atoms with van der Waals surface area (Å²) in [5, 5.41) is 64.6. The predicted octanol–water partition coefficient (Wildman–Crippen LogP) is 8.25. The third-order valence-electron chi connectivity index (χ3n) is 10.8. The maximum Gasteiger partial charge on any atom is 0.249 e. The third-order valence-corrected chi connectivity index (χ3v) is 10.8. The van der Waals surface area contributed by atoms with Gasteiger partial charge in [-0.1, -0.05) is 179 Å². The van der Waals surface area contributed by atoms with Crippen molar-refractivity contribution >= 4 is 5.91 Å². The summed E-state index contributed by atoms with van der Waals surface area (Å²) in [5.74, 6) is -0.630. The van der Waals surface area contributed by atoms with Crippen LogP contribution in [0.15, 0.2) is 36.5 Å². The number of amides is 1. The Hall–Kier alpha value is -1.63. The number of rotatable bonds is 37. The van der Waals surface area contributed by atoms with E-state index >= 15 is 0 Å². The molecule has 1 amide bonds. The number of aliphatic hydroxyl groups excluding tert-OH is 6. The summed E-state index contributed by atoms with van der Waals surface area (Å²) in [6.45, 7) is 3.57. The molecule has 1 aliphatic heterocycles. The van der Waals surface area contributed by atoms with E-state index in [1.807, 2.05) is 6.08 Å². The average molecular weight is 796 g/mol. The first kappa shape index (κ1) is 52.4. The first-order chi connectivity index (χ1) is 27.3. The molecule has 1 aliphatic rings. The van der Waals surface area contributed by atoms with Crippen molar-refractivity contribution in [2.75, 3.05) is 13.2 Å². The van der Waals surface area contributed by atoms with Crippen molar-refractivity contribution in [2.24, 2.45) is 0 Å². The van der Waals surface area contributed by atoms with Gasteiger partial charge in [0.2, 0.25) is 5.91 Å². The number of hydrogen-bond donors (Lipinski definition) is 7. The van der Waals surface area contributed by atoms with Crippen LogP contribution in [0.5, 0.6) is 0 Å². The Morgan fingerprint density at radius 3 is 1.55 bits per heavy atom. The molecule has 8 unspecified atom stereocenters. The predicted molar refractivity (Wildman–Crippen MR) is 227 cm³/mol. The molecule has 0 aromatic rings. The molecule has 0 aromatic carbocycles. The molecule has 0 aromatic heterocycles. The van der Waals surface area contributed by atoms with Crippen molar-refractivity contribution < 1.29 is 44.9 Å². The molecule has 1 saturated heterocycles. The summed E-state index contributed by atoms with van der Waals surface area (Å²) in [7, 11) is 0. The van der Waals surface area contributed by atoms with Crippen LogP contribution in [0, 0.1) is 0 Å². The second-order valence-electron chi connectivity index (χ2n) is 16.0. The molecule has 7 N–H and O–H groups in total. The third kappa shape index (κ3) is 26.4. The van der Waals surface area contributed by atoms with Crippen LogP contribution in [-0.2, 0) is 14.3 Å². The summed E-state index contributed by atoms with van der Waals surface area (Å²) in [6.07, 6.45) is 33.7.